The molecule has 0 bridgehead atoms. The first kappa shape index (κ1) is 23.9. The van der Waals surface area contributed by atoms with Crippen molar-refractivity contribution >= 4 is 11.9 Å². The van der Waals surface area contributed by atoms with Crippen LogP contribution in [0.3, 0.4) is 0 Å². The van der Waals surface area contributed by atoms with Crippen molar-refractivity contribution in [3.05, 3.63) is 95.6 Å². The van der Waals surface area contributed by atoms with Gasteiger partial charge in [0.25, 0.3) is 0 Å². The SMILES string of the molecule is O=C(OC1CCCCC1)c1ccccc1O.O=C(OCc1ccccc1)c1ccccc1O. The largest absolute Gasteiger partial charge is 0.507 e. The smallest absolute Gasteiger partial charge is 0.342 e. The number of phenols is 2. The van der Waals surface area contributed by atoms with E-state index in [1.54, 1.807) is 30.3 Å². The minimum atomic E-state index is -0.521. The molecule has 0 unspecified atom stereocenters. The van der Waals surface area contributed by atoms with Crippen molar-refractivity contribution < 1.29 is 29.3 Å². The monoisotopic (exact) mass is 448 g/mol. The van der Waals surface area contributed by atoms with Crippen LogP contribution in [0.1, 0.15) is 58.4 Å². The second kappa shape index (κ2) is 12.3. The lowest BCUT2D eigenvalue weighted by Gasteiger charge is -2.21. The lowest BCUT2D eigenvalue weighted by Crippen LogP contribution is -2.20. The lowest BCUT2D eigenvalue weighted by atomic mass is 9.98. The third-order valence-corrected chi connectivity index (χ3v) is 5.29. The number of benzene rings is 3. The number of phenolic OH excluding ortho intramolecular Hbond substituents is 2. The Labute approximate surface area is 193 Å². The van der Waals surface area contributed by atoms with E-state index in [2.05, 4.69) is 0 Å². The molecule has 0 heterocycles. The van der Waals surface area contributed by atoms with Gasteiger partial charge in [-0.1, -0.05) is 61.0 Å². The Balaban J connectivity index is 0.000000186. The van der Waals surface area contributed by atoms with Crippen molar-refractivity contribution in [2.45, 2.75) is 44.8 Å². The molecule has 0 aromatic heterocycles. The first-order valence-electron chi connectivity index (χ1n) is 11.0. The maximum Gasteiger partial charge on any atom is 0.342 e. The number of rotatable bonds is 5. The average Bonchev–Trinajstić information content (AvgIpc) is 2.85. The fraction of sp³-hybridized carbons (Fsp3) is 0.259. The zero-order chi connectivity index (χ0) is 23.5. The van der Waals surface area contributed by atoms with Crippen molar-refractivity contribution in [3.63, 3.8) is 0 Å². The molecular weight excluding hydrogens is 420 g/mol. The van der Waals surface area contributed by atoms with E-state index in [9.17, 15) is 19.8 Å². The summed E-state index contributed by atoms with van der Waals surface area (Å²) in [6.07, 6.45) is 5.39. The highest BCUT2D eigenvalue weighted by molar-refractivity contribution is 5.92. The highest BCUT2D eigenvalue weighted by Gasteiger charge is 2.20. The molecule has 3 aromatic carbocycles. The Bertz CT molecular complexity index is 1040. The van der Waals surface area contributed by atoms with Gasteiger partial charge in [-0.15, -0.1) is 0 Å². The molecule has 0 amide bonds. The van der Waals surface area contributed by atoms with Crippen molar-refractivity contribution in [1.82, 2.24) is 0 Å². The molecule has 0 spiro atoms. The van der Waals surface area contributed by atoms with Crippen LogP contribution in [0.5, 0.6) is 11.5 Å². The quantitative estimate of drug-likeness (QED) is 0.491. The summed E-state index contributed by atoms with van der Waals surface area (Å²) in [4.78, 5) is 23.4. The molecule has 33 heavy (non-hydrogen) atoms. The van der Waals surface area contributed by atoms with Crippen LogP contribution < -0.4 is 0 Å². The number of aromatic hydroxyl groups is 2. The van der Waals surface area contributed by atoms with Gasteiger partial charge in [0.1, 0.15) is 35.3 Å². The Morgan fingerprint density at radius 1 is 0.697 bits per heavy atom. The number of carbonyl (C=O) groups is 2. The van der Waals surface area contributed by atoms with E-state index in [4.69, 9.17) is 9.47 Å². The van der Waals surface area contributed by atoms with Gasteiger partial charge in [0, 0.05) is 0 Å². The zero-order valence-corrected chi connectivity index (χ0v) is 18.4. The topological polar surface area (TPSA) is 93.1 Å². The molecule has 0 aliphatic heterocycles. The van der Waals surface area contributed by atoms with Crippen molar-refractivity contribution in [3.8, 4) is 11.5 Å². The van der Waals surface area contributed by atoms with Gasteiger partial charge in [-0.2, -0.15) is 0 Å². The summed E-state index contributed by atoms with van der Waals surface area (Å²) in [5, 5.41) is 19.0. The van der Waals surface area contributed by atoms with Gasteiger partial charge in [-0.25, -0.2) is 9.59 Å². The summed E-state index contributed by atoms with van der Waals surface area (Å²) in [5.41, 5.74) is 1.35. The predicted molar refractivity (Wildman–Crippen MR) is 124 cm³/mol. The number of hydrogen-bond donors (Lipinski definition) is 2. The van der Waals surface area contributed by atoms with E-state index >= 15 is 0 Å². The maximum absolute atomic E-state index is 11.8. The fourth-order valence-corrected chi connectivity index (χ4v) is 3.49. The second-order valence-electron chi connectivity index (χ2n) is 7.76. The van der Waals surface area contributed by atoms with Crippen LogP contribution in [0.15, 0.2) is 78.9 Å². The molecule has 3 aromatic rings. The van der Waals surface area contributed by atoms with Crippen LogP contribution in [0, 0.1) is 0 Å². The van der Waals surface area contributed by atoms with Crippen molar-refractivity contribution in [2.24, 2.45) is 0 Å². The first-order chi connectivity index (χ1) is 16.0. The molecule has 1 aliphatic carbocycles. The number of carbonyl (C=O) groups excluding carboxylic acids is 2. The Morgan fingerprint density at radius 3 is 1.79 bits per heavy atom. The molecule has 0 saturated heterocycles. The number of para-hydroxylation sites is 2. The molecule has 1 aliphatic rings. The van der Waals surface area contributed by atoms with Crippen molar-refractivity contribution in [2.75, 3.05) is 0 Å². The standard InChI is InChI=1S/C14H12O3.C13H16O3/c15-13-9-5-4-8-12(13)14(16)17-10-11-6-2-1-3-7-11;14-12-9-5-4-8-11(12)13(15)16-10-6-2-1-3-7-10/h1-9,15H,10H2;4-5,8-10,14H,1-3,6-7H2. The van der Waals surface area contributed by atoms with Gasteiger partial charge in [0.2, 0.25) is 0 Å². The minimum absolute atomic E-state index is 0.0108. The van der Waals surface area contributed by atoms with Gasteiger partial charge in [0.05, 0.1) is 0 Å². The fourth-order valence-electron chi connectivity index (χ4n) is 3.49. The number of ether oxygens (including phenoxy) is 2. The molecule has 6 heteroatoms. The van der Waals surface area contributed by atoms with Crippen LogP contribution in [0.2, 0.25) is 0 Å². The van der Waals surface area contributed by atoms with Crippen LogP contribution in [0.4, 0.5) is 0 Å². The number of hydrogen-bond acceptors (Lipinski definition) is 6. The van der Waals surface area contributed by atoms with Gasteiger partial charge < -0.3 is 19.7 Å². The molecule has 2 N–H and O–H groups in total. The van der Waals surface area contributed by atoms with Gasteiger partial charge in [0.15, 0.2) is 0 Å². The summed E-state index contributed by atoms with van der Waals surface area (Å²) in [6, 6.07) is 22.2. The summed E-state index contributed by atoms with van der Waals surface area (Å²) in [6.45, 7) is 0.202. The van der Waals surface area contributed by atoms with Crippen LogP contribution in [-0.2, 0) is 16.1 Å². The average molecular weight is 449 g/mol. The van der Waals surface area contributed by atoms with Crippen LogP contribution in [0.25, 0.3) is 0 Å². The van der Waals surface area contributed by atoms with E-state index in [1.165, 1.54) is 24.6 Å². The van der Waals surface area contributed by atoms with Gasteiger partial charge >= 0.3 is 11.9 Å². The highest BCUT2D eigenvalue weighted by atomic mass is 16.5. The maximum atomic E-state index is 11.8. The molecule has 1 saturated carbocycles. The molecule has 172 valence electrons. The number of esters is 2. The molecule has 1 fully saturated rings. The first-order valence-corrected chi connectivity index (χ1v) is 11.0. The molecular formula is C27H28O6. The lowest BCUT2D eigenvalue weighted by molar-refractivity contribution is 0.0208. The Hall–Kier alpha value is -3.80. The zero-order valence-electron chi connectivity index (χ0n) is 18.4. The third kappa shape index (κ3) is 7.38. The van der Waals surface area contributed by atoms with E-state index in [0.717, 1.165) is 31.2 Å². The Kier molecular flexibility index (Phi) is 8.88. The van der Waals surface area contributed by atoms with Crippen molar-refractivity contribution in [1.29, 1.82) is 0 Å². The van der Waals surface area contributed by atoms with E-state index in [1.807, 2.05) is 30.3 Å². The molecule has 6 nitrogen and oxygen atoms in total. The van der Waals surface area contributed by atoms with Gasteiger partial charge in [-0.3, -0.25) is 0 Å². The predicted octanol–water partition coefficient (Wildman–Crippen LogP) is 5.63. The second-order valence-corrected chi connectivity index (χ2v) is 7.76. The van der Waals surface area contributed by atoms with E-state index < -0.39 is 11.9 Å². The Morgan fingerprint density at radius 2 is 1.21 bits per heavy atom. The normalized spacial score (nSPS) is 13.3. The molecule has 4 rings (SSSR count). The van der Waals surface area contributed by atoms with E-state index in [-0.39, 0.29) is 35.3 Å². The van der Waals surface area contributed by atoms with Gasteiger partial charge in [-0.05, 0) is 55.5 Å². The summed E-state index contributed by atoms with van der Waals surface area (Å²) in [5.74, 6) is -1.01. The summed E-state index contributed by atoms with van der Waals surface area (Å²) in [7, 11) is 0. The minimum Gasteiger partial charge on any atom is -0.507 e. The van der Waals surface area contributed by atoms with Crippen LogP contribution in [-0.4, -0.2) is 28.3 Å². The van der Waals surface area contributed by atoms with Crippen LogP contribution >= 0.6 is 0 Å². The third-order valence-electron chi connectivity index (χ3n) is 5.29. The summed E-state index contributed by atoms with van der Waals surface area (Å²) < 4.78 is 10.5. The molecule has 0 atom stereocenters. The molecule has 0 radical (unpaired) electrons. The summed E-state index contributed by atoms with van der Waals surface area (Å²) >= 11 is 0. The highest BCUT2D eigenvalue weighted by Crippen LogP contribution is 2.23. The van der Waals surface area contributed by atoms with E-state index in [0.29, 0.717) is 0 Å².